The lowest BCUT2D eigenvalue weighted by atomic mass is 10.2. The molecule has 0 radical (unpaired) electrons. The molecule has 3 rings (SSSR count). The van der Waals surface area contributed by atoms with Crippen LogP contribution in [0.3, 0.4) is 0 Å². The minimum atomic E-state index is 0.0718. The summed E-state index contributed by atoms with van der Waals surface area (Å²) < 4.78 is 1.83. The predicted octanol–water partition coefficient (Wildman–Crippen LogP) is 4.39. The maximum Gasteiger partial charge on any atom is 0.224 e. The third-order valence-electron chi connectivity index (χ3n) is 3.90. The number of hydrogen-bond acceptors (Lipinski definition) is 2. The molecule has 0 saturated heterocycles. The van der Waals surface area contributed by atoms with E-state index in [9.17, 15) is 4.79 Å². The van der Waals surface area contributed by atoms with Crippen molar-refractivity contribution >= 4 is 40.0 Å². The van der Waals surface area contributed by atoms with Crippen LogP contribution in [0.5, 0.6) is 0 Å². The quantitative estimate of drug-likeness (QED) is 0.675. The maximum absolute atomic E-state index is 12.3. The Bertz CT molecular complexity index is 858. The van der Waals surface area contributed by atoms with Gasteiger partial charge in [0.1, 0.15) is 0 Å². The monoisotopic (exact) mass is 361 g/mol. The van der Waals surface area contributed by atoms with Gasteiger partial charge in [0.2, 0.25) is 5.91 Å². The maximum atomic E-state index is 12.3. The van der Waals surface area contributed by atoms with E-state index in [-0.39, 0.29) is 5.91 Å². The molecule has 1 amide bonds. The fraction of sp³-hybridized carbons (Fsp3) is 0.222. The summed E-state index contributed by atoms with van der Waals surface area (Å²) in [5.41, 5.74) is 2.03. The molecule has 0 fully saturated rings. The summed E-state index contributed by atoms with van der Waals surface area (Å²) in [6.07, 6.45) is 2.16. The topological polar surface area (TPSA) is 38.1 Å². The molecule has 1 heterocycles. The molecule has 4 nitrogen and oxygen atoms in total. The number of hydrogen-bond donors (Lipinski definition) is 0. The third kappa shape index (κ3) is 3.89. The summed E-state index contributed by atoms with van der Waals surface area (Å²) in [7, 11) is 1.80. The average Bonchev–Trinajstić information content (AvgIpc) is 2.96. The van der Waals surface area contributed by atoms with Crippen molar-refractivity contribution in [1.29, 1.82) is 0 Å². The first-order valence-electron chi connectivity index (χ1n) is 7.62. The summed E-state index contributed by atoms with van der Waals surface area (Å²) in [5.74, 6) is 0.0718. The van der Waals surface area contributed by atoms with Crippen molar-refractivity contribution in [3.8, 4) is 0 Å². The highest BCUT2D eigenvalue weighted by atomic mass is 35.5. The van der Waals surface area contributed by atoms with Crippen molar-refractivity contribution in [3.05, 3.63) is 64.3 Å². The molecular weight excluding hydrogens is 345 g/mol. The zero-order valence-corrected chi connectivity index (χ0v) is 14.8. The molecule has 1 aromatic heterocycles. The van der Waals surface area contributed by atoms with Gasteiger partial charge >= 0.3 is 0 Å². The fourth-order valence-corrected chi connectivity index (χ4v) is 2.89. The van der Waals surface area contributed by atoms with Gasteiger partial charge in [-0.2, -0.15) is 5.10 Å². The lowest BCUT2D eigenvalue weighted by Gasteiger charge is -2.17. The number of rotatable bonds is 5. The lowest BCUT2D eigenvalue weighted by Crippen LogP contribution is -2.27. The number of nitrogens with zero attached hydrogens (tertiary/aromatic N) is 3. The normalized spacial score (nSPS) is 11.0. The molecule has 124 valence electrons. The summed E-state index contributed by atoms with van der Waals surface area (Å²) in [4.78, 5) is 14.1. The Hall–Kier alpha value is -2.04. The summed E-state index contributed by atoms with van der Waals surface area (Å²) in [5, 5.41) is 6.68. The van der Waals surface area contributed by atoms with Gasteiger partial charge in [0.25, 0.3) is 0 Å². The molecule has 0 unspecified atom stereocenters. The van der Waals surface area contributed by atoms with E-state index in [0.717, 1.165) is 16.5 Å². The Morgan fingerprint density at radius 2 is 1.83 bits per heavy atom. The molecule has 0 spiro atoms. The Morgan fingerprint density at radius 1 is 1.12 bits per heavy atom. The van der Waals surface area contributed by atoms with Gasteiger partial charge in [-0.25, -0.2) is 0 Å². The van der Waals surface area contributed by atoms with Crippen LogP contribution in [0.1, 0.15) is 12.0 Å². The predicted molar refractivity (Wildman–Crippen MR) is 97.3 cm³/mol. The zero-order chi connectivity index (χ0) is 17.1. The highest BCUT2D eigenvalue weighted by Crippen LogP contribution is 2.19. The average molecular weight is 362 g/mol. The van der Waals surface area contributed by atoms with Crippen LogP contribution in [0.2, 0.25) is 10.0 Å². The highest BCUT2D eigenvalue weighted by molar-refractivity contribution is 6.31. The van der Waals surface area contributed by atoms with E-state index in [2.05, 4.69) is 5.10 Å². The smallest absolute Gasteiger partial charge is 0.224 e. The standard InChI is InChI=1S/C18H17Cl2N3O/c1-22(12-13-2-4-15(19)5-3-13)18(24)8-9-23-17-7-6-16(20)10-14(17)11-21-23/h2-7,10-11H,8-9,12H2,1H3. The summed E-state index contributed by atoms with van der Waals surface area (Å²) in [6.45, 7) is 1.10. The molecule has 0 N–H and O–H groups in total. The second-order valence-corrected chi connectivity index (χ2v) is 6.57. The second-order valence-electron chi connectivity index (χ2n) is 5.70. The number of fused-ring (bicyclic) bond motifs is 1. The number of amides is 1. The van der Waals surface area contributed by atoms with E-state index >= 15 is 0 Å². The van der Waals surface area contributed by atoms with Gasteiger partial charge in [0, 0.05) is 35.4 Å². The molecule has 6 heteroatoms. The number of carbonyl (C=O) groups is 1. The van der Waals surface area contributed by atoms with Crippen LogP contribution in [0, 0.1) is 0 Å². The number of halogens is 2. The Kier molecular flexibility index (Phi) is 5.07. The molecule has 0 aliphatic heterocycles. The van der Waals surface area contributed by atoms with Crippen molar-refractivity contribution in [2.45, 2.75) is 19.5 Å². The van der Waals surface area contributed by atoms with Crippen LogP contribution in [0.15, 0.2) is 48.7 Å². The van der Waals surface area contributed by atoms with Crippen LogP contribution >= 0.6 is 23.2 Å². The minimum absolute atomic E-state index is 0.0718. The van der Waals surface area contributed by atoms with Crippen LogP contribution in [0.4, 0.5) is 0 Å². The molecule has 0 aliphatic carbocycles. The molecule has 2 aromatic carbocycles. The van der Waals surface area contributed by atoms with Gasteiger partial charge in [0.15, 0.2) is 0 Å². The van der Waals surface area contributed by atoms with Crippen molar-refractivity contribution in [1.82, 2.24) is 14.7 Å². The van der Waals surface area contributed by atoms with Gasteiger partial charge in [-0.05, 0) is 35.9 Å². The van der Waals surface area contributed by atoms with E-state index in [4.69, 9.17) is 23.2 Å². The van der Waals surface area contributed by atoms with Crippen LogP contribution in [-0.4, -0.2) is 27.6 Å². The van der Waals surface area contributed by atoms with Crippen molar-refractivity contribution in [2.24, 2.45) is 0 Å². The molecule has 0 bridgehead atoms. The largest absolute Gasteiger partial charge is 0.341 e. The first-order valence-corrected chi connectivity index (χ1v) is 8.38. The number of aromatic nitrogens is 2. The molecule has 0 aliphatic rings. The highest BCUT2D eigenvalue weighted by Gasteiger charge is 2.11. The zero-order valence-electron chi connectivity index (χ0n) is 13.2. The van der Waals surface area contributed by atoms with Crippen molar-refractivity contribution in [2.75, 3.05) is 7.05 Å². The fourth-order valence-electron chi connectivity index (χ4n) is 2.58. The van der Waals surface area contributed by atoms with E-state index in [0.29, 0.717) is 29.6 Å². The van der Waals surface area contributed by atoms with Gasteiger partial charge in [-0.1, -0.05) is 35.3 Å². The number of benzene rings is 2. The van der Waals surface area contributed by atoms with E-state index in [1.165, 1.54) is 0 Å². The molecule has 0 atom stereocenters. The third-order valence-corrected chi connectivity index (χ3v) is 4.39. The van der Waals surface area contributed by atoms with E-state index < -0.39 is 0 Å². The first kappa shape index (κ1) is 16.8. The van der Waals surface area contributed by atoms with E-state index in [1.807, 2.05) is 47.1 Å². The Morgan fingerprint density at radius 3 is 2.58 bits per heavy atom. The summed E-state index contributed by atoms with van der Waals surface area (Å²) >= 11 is 11.9. The molecule has 0 saturated carbocycles. The number of aryl methyl sites for hydroxylation is 1. The minimum Gasteiger partial charge on any atom is -0.341 e. The van der Waals surface area contributed by atoms with E-state index in [1.54, 1.807) is 18.1 Å². The van der Waals surface area contributed by atoms with Gasteiger partial charge in [-0.15, -0.1) is 0 Å². The van der Waals surface area contributed by atoms with Gasteiger partial charge in [-0.3, -0.25) is 9.48 Å². The molecule has 24 heavy (non-hydrogen) atoms. The number of carbonyl (C=O) groups excluding carboxylic acids is 1. The SMILES string of the molecule is CN(Cc1ccc(Cl)cc1)C(=O)CCn1ncc2cc(Cl)ccc21. The van der Waals surface area contributed by atoms with Crippen molar-refractivity contribution < 1.29 is 4.79 Å². The molecule has 3 aromatic rings. The van der Waals surface area contributed by atoms with Gasteiger partial charge < -0.3 is 4.90 Å². The Labute approximate surface area is 150 Å². The molecular formula is C18H17Cl2N3O. The lowest BCUT2D eigenvalue weighted by molar-refractivity contribution is -0.130. The first-order chi connectivity index (χ1) is 11.5. The van der Waals surface area contributed by atoms with Crippen molar-refractivity contribution in [3.63, 3.8) is 0 Å². The summed E-state index contributed by atoms with van der Waals surface area (Å²) in [6, 6.07) is 13.1. The van der Waals surface area contributed by atoms with Crippen LogP contribution < -0.4 is 0 Å². The van der Waals surface area contributed by atoms with Crippen LogP contribution in [-0.2, 0) is 17.9 Å². The van der Waals surface area contributed by atoms with Gasteiger partial charge in [0.05, 0.1) is 18.3 Å². The second kappa shape index (κ2) is 7.24. The Balaban J connectivity index is 1.60. The van der Waals surface area contributed by atoms with Crippen LogP contribution in [0.25, 0.3) is 10.9 Å².